The van der Waals surface area contributed by atoms with Crippen LogP contribution in [0.3, 0.4) is 0 Å². The SMILES string of the molecule is CC(C)(O/N=C(\C(=O)N[C@@H]1C(=O)N2C(C(=O)O)=C(/C=C/C[n+]3cnc(N)c(NCCNC(=O)c4cc(=O)c(O)c[nH]4)c3)CSC12)c1csc(N)n1)C(=O)O. The first-order chi connectivity index (χ1) is 25.6. The Morgan fingerprint density at radius 3 is 2.65 bits per heavy atom. The zero-order chi connectivity index (χ0) is 39.3. The van der Waals surface area contributed by atoms with Crippen LogP contribution in [0.5, 0.6) is 5.75 Å². The lowest BCUT2D eigenvalue weighted by Crippen LogP contribution is -2.71. The van der Waals surface area contributed by atoms with Crippen molar-refractivity contribution in [3.63, 3.8) is 0 Å². The van der Waals surface area contributed by atoms with Crippen molar-refractivity contribution in [1.82, 2.24) is 30.5 Å². The van der Waals surface area contributed by atoms with Gasteiger partial charge in [0.2, 0.25) is 11.0 Å². The van der Waals surface area contributed by atoms with Crippen molar-refractivity contribution < 1.29 is 48.7 Å². The van der Waals surface area contributed by atoms with Crippen molar-refractivity contribution in [3.05, 3.63) is 75.2 Å². The van der Waals surface area contributed by atoms with Crippen LogP contribution in [0.15, 0.2) is 63.5 Å². The largest absolute Gasteiger partial charge is 0.503 e. The fourth-order valence-corrected chi connectivity index (χ4v) is 6.73. The molecular formula is C31H34N11O10S2+. The second-order valence-electron chi connectivity index (χ2n) is 12.0. The lowest BCUT2D eigenvalue weighted by Gasteiger charge is -2.49. The minimum Gasteiger partial charge on any atom is -0.503 e. The van der Waals surface area contributed by atoms with Crippen LogP contribution in [0.4, 0.5) is 16.6 Å². The zero-order valence-corrected chi connectivity index (χ0v) is 30.1. The van der Waals surface area contributed by atoms with Crippen molar-refractivity contribution in [2.45, 2.75) is 37.4 Å². The molecule has 54 heavy (non-hydrogen) atoms. The Bertz CT molecular complexity index is 2160. The molecule has 2 aliphatic rings. The summed E-state index contributed by atoms with van der Waals surface area (Å²) in [6, 6.07) is -0.157. The number of hydrogen-bond acceptors (Lipinski definition) is 16. The molecule has 0 spiro atoms. The first kappa shape index (κ1) is 38.7. The van der Waals surface area contributed by atoms with Crippen LogP contribution in [0.2, 0.25) is 0 Å². The van der Waals surface area contributed by atoms with Crippen LogP contribution in [-0.2, 0) is 30.6 Å². The van der Waals surface area contributed by atoms with Crippen molar-refractivity contribution in [1.29, 1.82) is 0 Å². The highest BCUT2D eigenvalue weighted by Crippen LogP contribution is 2.40. The summed E-state index contributed by atoms with van der Waals surface area (Å²) in [5.41, 5.74) is 9.28. The number of nitrogens with zero attached hydrogens (tertiary/aromatic N) is 5. The van der Waals surface area contributed by atoms with Gasteiger partial charge in [-0.25, -0.2) is 19.1 Å². The molecule has 3 aromatic rings. The molecule has 3 aromatic heterocycles. The molecule has 5 rings (SSSR count). The van der Waals surface area contributed by atoms with Crippen LogP contribution in [0.25, 0.3) is 0 Å². The molecule has 0 bridgehead atoms. The number of nitrogen functional groups attached to an aromatic ring is 2. The fourth-order valence-electron chi connectivity index (χ4n) is 4.87. The second kappa shape index (κ2) is 16.0. The molecule has 1 fully saturated rings. The number of thiazole rings is 1. The molecule has 2 atom stereocenters. The maximum Gasteiger partial charge on any atom is 0.352 e. The van der Waals surface area contributed by atoms with Crippen LogP contribution in [-0.4, -0.2) is 106 Å². The molecule has 3 amide bonds. The van der Waals surface area contributed by atoms with Gasteiger partial charge in [-0.05, 0) is 30.5 Å². The quantitative estimate of drug-likeness (QED) is 0.0287. The topological polar surface area (TPSA) is 322 Å². The minimum absolute atomic E-state index is 0.0123. The van der Waals surface area contributed by atoms with E-state index in [2.05, 4.69) is 36.1 Å². The lowest BCUT2D eigenvalue weighted by molar-refractivity contribution is -0.689. The number of aromatic nitrogens is 4. The number of aromatic amines is 1. The number of nitrogens with two attached hydrogens (primary N) is 2. The molecular weight excluding hydrogens is 751 g/mol. The van der Waals surface area contributed by atoms with Gasteiger partial charge in [0.1, 0.15) is 46.9 Å². The third-order valence-corrected chi connectivity index (χ3v) is 9.74. The van der Waals surface area contributed by atoms with Crippen molar-refractivity contribution >= 4 is 75.1 Å². The molecule has 0 saturated carbocycles. The Morgan fingerprint density at radius 1 is 1.22 bits per heavy atom. The first-order valence-electron chi connectivity index (χ1n) is 15.7. The number of aliphatic carboxylic acids is 2. The van der Waals surface area contributed by atoms with E-state index in [1.54, 1.807) is 22.9 Å². The predicted molar refractivity (Wildman–Crippen MR) is 193 cm³/mol. The summed E-state index contributed by atoms with van der Waals surface area (Å²) in [7, 11) is 0. The molecule has 11 N–H and O–H groups in total. The number of aromatic hydroxyl groups is 1. The molecule has 0 aliphatic carbocycles. The van der Waals surface area contributed by atoms with Crippen molar-refractivity contribution in [3.8, 4) is 5.75 Å². The number of anilines is 3. The number of nitrogens with one attached hydrogen (secondary N) is 4. The number of β-lactam (4-membered cyclic amide) rings is 1. The van der Waals surface area contributed by atoms with Crippen LogP contribution in [0.1, 0.15) is 30.0 Å². The van der Waals surface area contributed by atoms with Gasteiger partial charge in [0.25, 0.3) is 29.9 Å². The number of carbonyl (C=O) groups excluding carboxylic acids is 3. The molecule has 1 unspecified atom stereocenters. The van der Waals surface area contributed by atoms with Gasteiger partial charge in [-0.15, -0.1) is 23.1 Å². The second-order valence-corrected chi connectivity index (χ2v) is 14.0. The standard InChI is InChI=1S/C31H33N11O10S2/c1-31(2,29(50)51)52-40-20(17-12-54-30(33)38-17)25(46)39-21-26(47)42-22(28(48)49)14(11-53-27(21)42)4-3-7-41-10-16(23(32)37-13-41)34-5-6-35-24(45)15-8-18(43)19(44)9-36-15/h3-4,8-10,12-13,21,27,32,34H,5-7,11H2,1-2H3,(H8,33,35,36,38,39,40,43,44,45,46,48,49,50,51)/p+1/b4-3+/t21-,27?/m1/s1. The van der Waals surface area contributed by atoms with E-state index in [1.165, 1.54) is 37.3 Å². The Hall–Kier alpha value is -6.49. The molecule has 1 saturated heterocycles. The highest BCUT2D eigenvalue weighted by atomic mass is 32.2. The van der Waals surface area contributed by atoms with Gasteiger partial charge in [-0.2, -0.15) is 0 Å². The Kier molecular flexibility index (Phi) is 11.5. The van der Waals surface area contributed by atoms with E-state index >= 15 is 0 Å². The van der Waals surface area contributed by atoms with E-state index < -0.39 is 63.6 Å². The number of allylic oxidation sites excluding steroid dienone is 2. The molecule has 284 valence electrons. The number of amides is 3. The molecule has 21 nitrogen and oxygen atoms in total. The van der Waals surface area contributed by atoms with E-state index in [0.29, 0.717) is 11.3 Å². The summed E-state index contributed by atoms with van der Waals surface area (Å²) in [5, 5.41) is 41.4. The molecule has 2 aliphatic heterocycles. The molecule has 0 aromatic carbocycles. The van der Waals surface area contributed by atoms with Gasteiger partial charge >= 0.3 is 11.9 Å². The summed E-state index contributed by atoms with van der Waals surface area (Å²) in [6.45, 7) is 3.07. The van der Waals surface area contributed by atoms with Gasteiger partial charge in [0.15, 0.2) is 16.6 Å². The number of carbonyl (C=O) groups is 5. The molecule has 23 heteroatoms. The van der Waals surface area contributed by atoms with E-state index in [-0.39, 0.29) is 53.4 Å². The van der Waals surface area contributed by atoms with Crippen molar-refractivity contribution in [2.24, 2.45) is 5.16 Å². The van der Waals surface area contributed by atoms with E-state index in [9.17, 15) is 44.1 Å². The summed E-state index contributed by atoms with van der Waals surface area (Å²) in [4.78, 5) is 91.2. The summed E-state index contributed by atoms with van der Waals surface area (Å²) in [5.74, 6) is -5.00. The lowest BCUT2D eigenvalue weighted by atomic mass is 10.0. The third kappa shape index (κ3) is 8.58. The van der Waals surface area contributed by atoms with Gasteiger partial charge in [-0.1, -0.05) is 11.2 Å². The number of carboxylic acid groups (broad SMARTS) is 2. The number of fused-ring (bicyclic) bond motifs is 1. The maximum absolute atomic E-state index is 13.3. The number of H-pyrrole nitrogens is 1. The monoisotopic (exact) mass is 784 g/mol. The Labute approximate surface area is 312 Å². The number of pyridine rings is 1. The Morgan fingerprint density at radius 2 is 1.98 bits per heavy atom. The average molecular weight is 785 g/mol. The predicted octanol–water partition coefficient (Wildman–Crippen LogP) is -1.20. The fraction of sp³-hybridized carbons (Fsp3) is 0.290. The van der Waals surface area contributed by atoms with Gasteiger partial charge in [0.05, 0.1) is 0 Å². The number of thioether (sulfide) groups is 1. The molecule has 5 heterocycles. The number of oxime groups is 1. The van der Waals surface area contributed by atoms with E-state index in [4.69, 9.17) is 16.3 Å². The average Bonchev–Trinajstić information content (AvgIpc) is 3.56. The van der Waals surface area contributed by atoms with E-state index in [1.807, 2.05) is 0 Å². The third-order valence-electron chi connectivity index (χ3n) is 7.76. The van der Waals surface area contributed by atoms with Crippen LogP contribution >= 0.6 is 23.1 Å². The summed E-state index contributed by atoms with van der Waals surface area (Å²) >= 11 is 2.22. The van der Waals surface area contributed by atoms with Crippen LogP contribution in [0, 0.1) is 0 Å². The van der Waals surface area contributed by atoms with E-state index in [0.717, 1.165) is 28.5 Å². The summed E-state index contributed by atoms with van der Waals surface area (Å²) in [6.07, 6.45) is 7.38. The van der Waals surface area contributed by atoms with Gasteiger partial charge < -0.3 is 52.6 Å². The molecule has 0 radical (unpaired) electrons. The summed E-state index contributed by atoms with van der Waals surface area (Å²) < 4.78 is 1.66. The normalized spacial score (nSPS) is 17.1. The smallest absolute Gasteiger partial charge is 0.352 e. The number of hydrogen-bond donors (Lipinski definition) is 9. The zero-order valence-electron chi connectivity index (χ0n) is 28.4. The van der Waals surface area contributed by atoms with Crippen molar-refractivity contribution in [2.75, 3.05) is 35.6 Å². The van der Waals surface area contributed by atoms with Crippen LogP contribution < -0.4 is 37.4 Å². The minimum atomic E-state index is -1.80. The highest BCUT2D eigenvalue weighted by Gasteiger charge is 2.54. The van der Waals surface area contributed by atoms with Gasteiger partial charge in [-0.3, -0.25) is 24.1 Å². The first-order valence-corrected chi connectivity index (χ1v) is 17.7. The van der Waals surface area contributed by atoms with Gasteiger partial charge in [0, 0.05) is 36.5 Å². The Balaban J connectivity index is 1.21. The number of rotatable bonds is 15. The highest BCUT2D eigenvalue weighted by molar-refractivity contribution is 8.00. The number of carboxylic acids is 2. The maximum atomic E-state index is 13.3.